The molecule has 0 aliphatic carbocycles. The summed E-state index contributed by atoms with van der Waals surface area (Å²) >= 11 is 0. The van der Waals surface area contributed by atoms with Crippen molar-refractivity contribution in [1.82, 2.24) is 0 Å². The number of benzene rings is 1. The van der Waals surface area contributed by atoms with E-state index in [-0.39, 0.29) is 18.1 Å². The first kappa shape index (κ1) is 13.4. The highest BCUT2D eigenvalue weighted by Crippen LogP contribution is 2.18. The lowest BCUT2D eigenvalue weighted by molar-refractivity contribution is -0.124. The van der Waals surface area contributed by atoms with E-state index in [1.165, 1.54) is 6.92 Å². The molecule has 1 N–H and O–H groups in total. The molecule has 0 saturated carbocycles. The van der Waals surface area contributed by atoms with Gasteiger partial charge in [0.25, 0.3) is 0 Å². The molecule has 1 amide bonds. The smallest absolute Gasteiger partial charge is 0.231 e. The largest absolute Gasteiger partial charge is 0.325 e. The summed E-state index contributed by atoms with van der Waals surface area (Å²) in [7, 11) is 0. The normalized spacial score (nSPS) is 10.4. The Morgan fingerprint density at radius 2 is 1.88 bits per heavy atom. The third-order valence-corrected chi connectivity index (χ3v) is 2.33. The second-order valence-electron chi connectivity index (χ2n) is 4.68. The molecule has 0 atom stereocenters. The maximum Gasteiger partial charge on any atom is 0.231 e. The zero-order valence-corrected chi connectivity index (χ0v) is 10.6. The van der Waals surface area contributed by atoms with E-state index in [0.29, 0.717) is 5.92 Å². The van der Waals surface area contributed by atoms with E-state index in [9.17, 15) is 9.59 Å². The first-order chi connectivity index (χ1) is 7.99. The standard InChI is InChI=1S/C14H19NO2/c1-10(2)8-12-6-4-5-7-13(12)15-14(17)9-11(3)16/h4-7,10H,8-9H2,1-3H3,(H,15,17). The van der Waals surface area contributed by atoms with Crippen LogP contribution in [0.15, 0.2) is 24.3 Å². The summed E-state index contributed by atoms with van der Waals surface area (Å²) in [6.45, 7) is 5.68. The number of nitrogens with one attached hydrogen (secondary N) is 1. The molecule has 0 aliphatic heterocycles. The molecule has 0 fully saturated rings. The van der Waals surface area contributed by atoms with E-state index in [2.05, 4.69) is 19.2 Å². The van der Waals surface area contributed by atoms with Crippen LogP contribution in [0.3, 0.4) is 0 Å². The van der Waals surface area contributed by atoms with Crippen LogP contribution in [0.1, 0.15) is 32.8 Å². The highest BCUT2D eigenvalue weighted by Gasteiger charge is 2.09. The maximum absolute atomic E-state index is 11.5. The number of anilines is 1. The van der Waals surface area contributed by atoms with E-state index in [0.717, 1.165) is 17.7 Å². The quantitative estimate of drug-likeness (QED) is 0.795. The van der Waals surface area contributed by atoms with Crippen LogP contribution in [0.2, 0.25) is 0 Å². The first-order valence-electron chi connectivity index (χ1n) is 5.86. The molecule has 1 rings (SSSR count). The monoisotopic (exact) mass is 233 g/mol. The minimum absolute atomic E-state index is 0.0595. The van der Waals surface area contributed by atoms with Crippen LogP contribution in [0.25, 0.3) is 0 Å². The van der Waals surface area contributed by atoms with Crippen molar-refractivity contribution in [3.05, 3.63) is 29.8 Å². The SMILES string of the molecule is CC(=O)CC(=O)Nc1ccccc1CC(C)C. The number of ketones is 1. The van der Waals surface area contributed by atoms with Gasteiger partial charge in [-0.05, 0) is 30.9 Å². The first-order valence-corrected chi connectivity index (χ1v) is 5.86. The van der Waals surface area contributed by atoms with E-state index < -0.39 is 0 Å². The second kappa shape index (κ2) is 6.18. The van der Waals surface area contributed by atoms with Gasteiger partial charge in [-0.3, -0.25) is 9.59 Å². The summed E-state index contributed by atoms with van der Waals surface area (Å²) < 4.78 is 0. The van der Waals surface area contributed by atoms with Crippen LogP contribution in [-0.2, 0) is 16.0 Å². The molecule has 3 nitrogen and oxygen atoms in total. The number of carbonyl (C=O) groups excluding carboxylic acids is 2. The van der Waals surface area contributed by atoms with Gasteiger partial charge in [-0.25, -0.2) is 0 Å². The Labute approximate surface area is 102 Å². The highest BCUT2D eigenvalue weighted by molar-refractivity contribution is 6.03. The molecular formula is C14H19NO2. The minimum Gasteiger partial charge on any atom is -0.325 e. The molecule has 0 spiro atoms. The fourth-order valence-electron chi connectivity index (χ4n) is 1.68. The van der Waals surface area contributed by atoms with Crippen LogP contribution in [0.4, 0.5) is 5.69 Å². The van der Waals surface area contributed by atoms with Gasteiger partial charge in [0.05, 0.1) is 6.42 Å². The fraction of sp³-hybridized carbons (Fsp3) is 0.429. The van der Waals surface area contributed by atoms with Crippen LogP contribution in [0.5, 0.6) is 0 Å². The van der Waals surface area contributed by atoms with Gasteiger partial charge in [0.15, 0.2) is 0 Å². The minimum atomic E-state index is -0.242. The Kier molecular flexibility index (Phi) is 4.88. The molecule has 0 radical (unpaired) electrons. The van der Waals surface area contributed by atoms with E-state index >= 15 is 0 Å². The summed E-state index contributed by atoms with van der Waals surface area (Å²) in [5, 5.41) is 2.79. The van der Waals surface area contributed by atoms with Gasteiger partial charge in [-0.1, -0.05) is 32.0 Å². The fourth-order valence-corrected chi connectivity index (χ4v) is 1.68. The number of amides is 1. The van der Waals surface area contributed by atoms with Gasteiger partial charge in [0, 0.05) is 5.69 Å². The number of para-hydroxylation sites is 1. The van der Waals surface area contributed by atoms with Gasteiger partial charge in [0.1, 0.15) is 5.78 Å². The third-order valence-electron chi connectivity index (χ3n) is 2.33. The zero-order valence-electron chi connectivity index (χ0n) is 10.6. The Bertz CT molecular complexity index is 410. The van der Waals surface area contributed by atoms with E-state index in [4.69, 9.17) is 0 Å². The van der Waals surface area contributed by atoms with Gasteiger partial charge in [0.2, 0.25) is 5.91 Å². The van der Waals surface area contributed by atoms with Crippen molar-refractivity contribution < 1.29 is 9.59 Å². The van der Waals surface area contributed by atoms with Gasteiger partial charge in [-0.15, -0.1) is 0 Å². The van der Waals surface area contributed by atoms with Crippen molar-refractivity contribution in [1.29, 1.82) is 0 Å². The molecule has 0 unspecified atom stereocenters. The number of hydrogen-bond donors (Lipinski definition) is 1. The van der Waals surface area contributed by atoms with Crippen molar-refractivity contribution in [3.63, 3.8) is 0 Å². The van der Waals surface area contributed by atoms with Gasteiger partial charge < -0.3 is 5.32 Å². The summed E-state index contributed by atoms with van der Waals surface area (Å²) in [6, 6.07) is 7.71. The molecule has 0 heterocycles. The van der Waals surface area contributed by atoms with E-state index in [1.807, 2.05) is 24.3 Å². The molecule has 1 aromatic rings. The van der Waals surface area contributed by atoms with Crippen molar-refractivity contribution >= 4 is 17.4 Å². The molecule has 1 aromatic carbocycles. The number of carbonyl (C=O) groups is 2. The average molecular weight is 233 g/mol. The van der Waals surface area contributed by atoms with Crippen LogP contribution >= 0.6 is 0 Å². The zero-order chi connectivity index (χ0) is 12.8. The van der Waals surface area contributed by atoms with Crippen LogP contribution in [-0.4, -0.2) is 11.7 Å². The third kappa shape index (κ3) is 4.81. The summed E-state index contributed by atoms with van der Waals surface area (Å²) in [6.07, 6.45) is 0.854. The molecule has 0 aromatic heterocycles. The average Bonchev–Trinajstić information content (AvgIpc) is 2.18. The molecule has 0 saturated heterocycles. The Morgan fingerprint density at radius 1 is 1.24 bits per heavy atom. The topological polar surface area (TPSA) is 46.2 Å². The molecular weight excluding hydrogens is 214 g/mol. The predicted octanol–water partition coefficient (Wildman–Crippen LogP) is 2.80. The van der Waals surface area contributed by atoms with Gasteiger partial charge >= 0.3 is 0 Å². The molecule has 17 heavy (non-hydrogen) atoms. The van der Waals surface area contributed by atoms with Crippen molar-refractivity contribution in [2.75, 3.05) is 5.32 Å². The Hall–Kier alpha value is -1.64. The highest BCUT2D eigenvalue weighted by atomic mass is 16.2. The van der Waals surface area contributed by atoms with Crippen LogP contribution < -0.4 is 5.32 Å². The summed E-state index contributed by atoms with van der Waals surface area (Å²) in [5.74, 6) is 0.165. The number of rotatable bonds is 5. The second-order valence-corrected chi connectivity index (χ2v) is 4.68. The van der Waals surface area contributed by atoms with Gasteiger partial charge in [-0.2, -0.15) is 0 Å². The van der Waals surface area contributed by atoms with Crippen LogP contribution in [0, 0.1) is 5.92 Å². The Balaban J connectivity index is 2.76. The lowest BCUT2D eigenvalue weighted by Crippen LogP contribution is -2.16. The molecule has 0 aliphatic rings. The maximum atomic E-state index is 11.5. The van der Waals surface area contributed by atoms with Crippen molar-refractivity contribution in [2.24, 2.45) is 5.92 Å². The Morgan fingerprint density at radius 3 is 2.47 bits per heavy atom. The lowest BCUT2D eigenvalue weighted by atomic mass is 10.0. The summed E-state index contributed by atoms with van der Waals surface area (Å²) in [5.41, 5.74) is 1.92. The lowest BCUT2D eigenvalue weighted by Gasteiger charge is -2.12. The summed E-state index contributed by atoms with van der Waals surface area (Å²) in [4.78, 5) is 22.4. The molecule has 3 heteroatoms. The number of Topliss-reactive ketones (excluding diaryl/α,β-unsaturated/α-hetero) is 1. The molecule has 92 valence electrons. The van der Waals surface area contributed by atoms with E-state index in [1.54, 1.807) is 0 Å². The number of hydrogen-bond acceptors (Lipinski definition) is 2. The predicted molar refractivity (Wildman–Crippen MR) is 68.9 cm³/mol. The van der Waals surface area contributed by atoms with Crippen molar-refractivity contribution in [2.45, 2.75) is 33.6 Å². The van der Waals surface area contributed by atoms with Crippen molar-refractivity contribution in [3.8, 4) is 0 Å². The molecule has 0 bridgehead atoms.